The van der Waals surface area contributed by atoms with Gasteiger partial charge in [-0.3, -0.25) is 5.84 Å². The first-order valence-electron chi connectivity index (χ1n) is 5.09. The van der Waals surface area contributed by atoms with Crippen molar-refractivity contribution in [3.8, 4) is 0 Å². The zero-order valence-electron chi connectivity index (χ0n) is 9.21. The molecule has 0 amide bonds. The fourth-order valence-electron chi connectivity index (χ4n) is 1.67. The summed E-state index contributed by atoms with van der Waals surface area (Å²) in [6.07, 6.45) is 0. The summed E-state index contributed by atoms with van der Waals surface area (Å²) in [6, 6.07) is 8.16. The molecule has 0 aliphatic carbocycles. The van der Waals surface area contributed by atoms with Crippen LogP contribution in [0.25, 0.3) is 0 Å². The van der Waals surface area contributed by atoms with E-state index in [-0.39, 0.29) is 11.9 Å². The molecule has 0 spiro atoms. The first-order valence-corrected chi connectivity index (χ1v) is 5.88. The van der Waals surface area contributed by atoms with Crippen molar-refractivity contribution >= 4 is 15.9 Å². The molecular formula is C12H12BrFN2O. The van der Waals surface area contributed by atoms with Crippen LogP contribution in [0.2, 0.25) is 0 Å². The number of rotatable bonds is 3. The van der Waals surface area contributed by atoms with Gasteiger partial charge in [0, 0.05) is 0 Å². The predicted molar refractivity (Wildman–Crippen MR) is 66.7 cm³/mol. The summed E-state index contributed by atoms with van der Waals surface area (Å²) in [6.45, 7) is 1.71. The molecule has 3 N–H and O–H groups in total. The Hall–Kier alpha value is -1.17. The number of nitrogens with two attached hydrogens (primary N) is 1. The molecular weight excluding hydrogens is 287 g/mol. The summed E-state index contributed by atoms with van der Waals surface area (Å²) in [7, 11) is 0. The third-order valence-corrected chi connectivity index (χ3v) is 2.99. The molecule has 0 aliphatic rings. The van der Waals surface area contributed by atoms with Crippen LogP contribution >= 0.6 is 15.9 Å². The zero-order chi connectivity index (χ0) is 12.4. The predicted octanol–water partition coefficient (Wildman–Crippen LogP) is 3.04. The van der Waals surface area contributed by atoms with Crippen molar-refractivity contribution < 1.29 is 8.81 Å². The van der Waals surface area contributed by atoms with Gasteiger partial charge in [0.2, 0.25) is 0 Å². The lowest BCUT2D eigenvalue weighted by molar-refractivity contribution is 0.437. The van der Waals surface area contributed by atoms with Gasteiger partial charge in [-0.15, -0.1) is 0 Å². The van der Waals surface area contributed by atoms with E-state index in [2.05, 4.69) is 21.4 Å². The average Bonchev–Trinajstić information content (AvgIpc) is 2.71. The van der Waals surface area contributed by atoms with Gasteiger partial charge in [0.15, 0.2) is 4.67 Å². The van der Waals surface area contributed by atoms with E-state index in [0.717, 1.165) is 5.56 Å². The van der Waals surface area contributed by atoms with Gasteiger partial charge in [-0.05, 0) is 52.2 Å². The third-order valence-electron chi connectivity index (χ3n) is 2.56. The van der Waals surface area contributed by atoms with Crippen molar-refractivity contribution in [2.45, 2.75) is 13.0 Å². The van der Waals surface area contributed by atoms with Crippen molar-refractivity contribution in [2.24, 2.45) is 5.84 Å². The van der Waals surface area contributed by atoms with Crippen molar-refractivity contribution in [3.63, 3.8) is 0 Å². The molecule has 1 aromatic carbocycles. The number of halogens is 2. The highest BCUT2D eigenvalue weighted by Crippen LogP contribution is 2.26. The normalized spacial score (nSPS) is 12.7. The monoisotopic (exact) mass is 298 g/mol. The van der Waals surface area contributed by atoms with Gasteiger partial charge in [-0.2, -0.15) is 0 Å². The van der Waals surface area contributed by atoms with Gasteiger partial charge >= 0.3 is 0 Å². The van der Waals surface area contributed by atoms with Crippen molar-refractivity contribution in [1.29, 1.82) is 0 Å². The van der Waals surface area contributed by atoms with Crippen LogP contribution in [0, 0.1) is 12.7 Å². The lowest BCUT2D eigenvalue weighted by Gasteiger charge is -2.14. The Morgan fingerprint density at radius 2 is 2.12 bits per heavy atom. The highest BCUT2D eigenvalue weighted by molar-refractivity contribution is 9.10. The highest BCUT2D eigenvalue weighted by Gasteiger charge is 2.16. The Kier molecular flexibility index (Phi) is 3.61. The van der Waals surface area contributed by atoms with Gasteiger partial charge in [-0.1, -0.05) is 12.1 Å². The molecule has 2 rings (SSSR count). The molecule has 5 heteroatoms. The average molecular weight is 299 g/mol. The van der Waals surface area contributed by atoms with E-state index in [1.54, 1.807) is 25.1 Å². The highest BCUT2D eigenvalue weighted by atomic mass is 79.9. The first kappa shape index (κ1) is 12.3. The second kappa shape index (κ2) is 5.00. The van der Waals surface area contributed by atoms with Gasteiger partial charge in [0.1, 0.15) is 17.6 Å². The van der Waals surface area contributed by atoms with Crippen LogP contribution < -0.4 is 11.3 Å². The number of nitrogens with one attached hydrogen (secondary N) is 1. The molecule has 2 aromatic rings. The molecule has 3 nitrogen and oxygen atoms in total. The molecule has 0 fully saturated rings. The molecule has 90 valence electrons. The van der Waals surface area contributed by atoms with Crippen LogP contribution in [-0.4, -0.2) is 0 Å². The fourth-order valence-corrected chi connectivity index (χ4v) is 1.99. The number of hydrogen-bond acceptors (Lipinski definition) is 3. The number of hydrogen-bond donors (Lipinski definition) is 2. The Morgan fingerprint density at radius 1 is 1.35 bits per heavy atom. The first-order chi connectivity index (χ1) is 8.11. The summed E-state index contributed by atoms with van der Waals surface area (Å²) in [5.41, 5.74) is 4.09. The lowest BCUT2D eigenvalue weighted by Crippen LogP contribution is -2.28. The van der Waals surface area contributed by atoms with Crippen molar-refractivity contribution in [1.82, 2.24) is 5.43 Å². The molecule has 0 bridgehead atoms. The quantitative estimate of drug-likeness (QED) is 0.676. The summed E-state index contributed by atoms with van der Waals surface area (Å²) in [4.78, 5) is 0. The maximum absolute atomic E-state index is 13.2. The largest absolute Gasteiger partial charge is 0.452 e. The third kappa shape index (κ3) is 2.57. The second-order valence-electron chi connectivity index (χ2n) is 3.75. The molecule has 0 saturated heterocycles. The van der Waals surface area contributed by atoms with E-state index >= 15 is 0 Å². The Labute approximate surface area is 107 Å². The summed E-state index contributed by atoms with van der Waals surface area (Å²) < 4.78 is 19.3. The van der Waals surface area contributed by atoms with Gasteiger partial charge in [-0.25, -0.2) is 9.82 Å². The van der Waals surface area contributed by atoms with Crippen LogP contribution in [0.15, 0.2) is 39.4 Å². The van der Waals surface area contributed by atoms with E-state index in [0.29, 0.717) is 16.0 Å². The van der Waals surface area contributed by atoms with Crippen LogP contribution in [0.3, 0.4) is 0 Å². The minimum atomic E-state index is -0.291. The topological polar surface area (TPSA) is 51.2 Å². The second-order valence-corrected chi connectivity index (χ2v) is 4.53. The maximum Gasteiger partial charge on any atom is 0.169 e. The van der Waals surface area contributed by atoms with E-state index in [4.69, 9.17) is 10.3 Å². The van der Waals surface area contributed by atoms with E-state index in [1.165, 1.54) is 6.07 Å². The molecule has 1 heterocycles. The molecule has 1 atom stereocenters. The van der Waals surface area contributed by atoms with Crippen LogP contribution in [0.1, 0.15) is 22.9 Å². The van der Waals surface area contributed by atoms with E-state index in [9.17, 15) is 4.39 Å². The number of aryl methyl sites for hydroxylation is 1. The molecule has 1 unspecified atom stereocenters. The molecule has 17 heavy (non-hydrogen) atoms. The van der Waals surface area contributed by atoms with Gasteiger partial charge in [0.05, 0.1) is 0 Å². The minimum Gasteiger partial charge on any atom is -0.452 e. The smallest absolute Gasteiger partial charge is 0.169 e. The Morgan fingerprint density at radius 3 is 2.65 bits per heavy atom. The van der Waals surface area contributed by atoms with Crippen LogP contribution in [-0.2, 0) is 0 Å². The minimum absolute atomic E-state index is 0.231. The summed E-state index contributed by atoms with van der Waals surface area (Å²) >= 11 is 3.23. The summed E-state index contributed by atoms with van der Waals surface area (Å²) in [5.74, 6) is 5.96. The Bertz CT molecular complexity index is 527. The fraction of sp³-hybridized carbons (Fsp3) is 0.167. The van der Waals surface area contributed by atoms with E-state index < -0.39 is 0 Å². The Balaban J connectivity index is 2.38. The van der Waals surface area contributed by atoms with Crippen molar-refractivity contribution in [3.05, 3.63) is 57.7 Å². The number of benzene rings is 1. The lowest BCUT2D eigenvalue weighted by atomic mass is 10.0. The SMILES string of the molecule is Cc1cc(C(NN)c2ccc(Br)o2)ccc1F. The summed E-state index contributed by atoms with van der Waals surface area (Å²) in [5, 5.41) is 0. The zero-order valence-corrected chi connectivity index (χ0v) is 10.8. The van der Waals surface area contributed by atoms with Gasteiger partial charge in [0.25, 0.3) is 0 Å². The van der Waals surface area contributed by atoms with E-state index in [1.807, 2.05) is 6.07 Å². The van der Waals surface area contributed by atoms with Gasteiger partial charge < -0.3 is 4.42 Å². The molecule has 0 radical (unpaired) electrons. The van der Waals surface area contributed by atoms with Crippen LogP contribution in [0.5, 0.6) is 0 Å². The number of furan rings is 1. The molecule has 1 aromatic heterocycles. The van der Waals surface area contributed by atoms with Crippen LogP contribution in [0.4, 0.5) is 4.39 Å². The standard InChI is InChI=1S/C12H12BrFN2O/c1-7-6-8(2-3-9(7)14)12(16-15)10-4-5-11(13)17-10/h2-6,12,16H,15H2,1H3. The molecule has 0 aliphatic heterocycles. The molecule has 0 saturated carbocycles. The van der Waals surface area contributed by atoms with Crippen molar-refractivity contribution in [2.75, 3.05) is 0 Å². The maximum atomic E-state index is 13.2. The number of hydrazine groups is 1.